The molecule has 0 radical (unpaired) electrons. The summed E-state index contributed by atoms with van der Waals surface area (Å²) >= 11 is 0. The maximum absolute atomic E-state index is 5.57. The van der Waals surface area contributed by atoms with Gasteiger partial charge in [-0.2, -0.15) is 0 Å². The van der Waals surface area contributed by atoms with Gasteiger partial charge in [-0.25, -0.2) is 0 Å². The molecule has 112 valence electrons. The Morgan fingerprint density at radius 3 is 2.80 bits per heavy atom. The summed E-state index contributed by atoms with van der Waals surface area (Å²) in [7, 11) is 0. The average molecular weight is 275 g/mol. The zero-order chi connectivity index (χ0) is 14.6. The van der Waals surface area contributed by atoms with E-state index in [1.807, 2.05) is 0 Å². The van der Waals surface area contributed by atoms with Crippen LogP contribution in [0.3, 0.4) is 0 Å². The van der Waals surface area contributed by atoms with Crippen LogP contribution in [0.5, 0.6) is 5.75 Å². The smallest absolute Gasteiger partial charge is 0.122 e. The summed E-state index contributed by atoms with van der Waals surface area (Å²) in [5, 5.41) is 3.71. The second kappa shape index (κ2) is 6.62. The van der Waals surface area contributed by atoms with Gasteiger partial charge in [0.25, 0.3) is 0 Å². The van der Waals surface area contributed by atoms with Gasteiger partial charge in [0.2, 0.25) is 0 Å². The molecule has 0 fully saturated rings. The number of hydrogen-bond donors (Lipinski definition) is 1. The lowest BCUT2D eigenvalue weighted by Gasteiger charge is -2.32. The molecule has 0 spiro atoms. The van der Waals surface area contributed by atoms with Gasteiger partial charge in [-0.1, -0.05) is 39.8 Å². The molecule has 1 atom stereocenters. The Morgan fingerprint density at radius 1 is 1.30 bits per heavy atom. The van der Waals surface area contributed by atoms with Crippen LogP contribution in [0, 0.1) is 5.41 Å². The number of benzene rings is 1. The van der Waals surface area contributed by atoms with Crippen molar-refractivity contribution in [1.82, 2.24) is 5.32 Å². The largest absolute Gasteiger partial charge is 0.493 e. The van der Waals surface area contributed by atoms with Gasteiger partial charge in [0.15, 0.2) is 0 Å². The Bertz CT molecular complexity index is 434. The Hall–Kier alpha value is -1.02. The van der Waals surface area contributed by atoms with E-state index < -0.39 is 0 Å². The van der Waals surface area contributed by atoms with E-state index in [9.17, 15) is 0 Å². The molecule has 0 saturated carbocycles. The molecule has 0 aromatic heterocycles. The number of nitrogens with one attached hydrogen (secondary N) is 1. The van der Waals surface area contributed by atoms with E-state index in [0.29, 0.717) is 11.5 Å². The molecule has 1 aliphatic heterocycles. The molecule has 1 N–H and O–H groups in total. The molecule has 20 heavy (non-hydrogen) atoms. The van der Waals surface area contributed by atoms with E-state index in [0.717, 1.165) is 31.7 Å². The first-order valence-corrected chi connectivity index (χ1v) is 7.98. The van der Waals surface area contributed by atoms with Crippen LogP contribution in [0.2, 0.25) is 0 Å². The normalized spacial score (nSPS) is 15.8. The quantitative estimate of drug-likeness (QED) is 0.848. The topological polar surface area (TPSA) is 21.3 Å². The summed E-state index contributed by atoms with van der Waals surface area (Å²) in [6.07, 6.45) is 4.61. The molecule has 0 aliphatic carbocycles. The highest BCUT2D eigenvalue weighted by Crippen LogP contribution is 2.28. The van der Waals surface area contributed by atoms with Gasteiger partial charge < -0.3 is 10.1 Å². The third-order valence-electron chi connectivity index (χ3n) is 4.16. The zero-order valence-electron chi connectivity index (χ0n) is 13.5. The predicted octanol–water partition coefficient (Wildman–Crippen LogP) is 3.97. The fraction of sp³-hybridized carbons (Fsp3) is 0.667. The molecular weight excluding hydrogens is 246 g/mol. The molecule has 2 rings (SSSR count). The molecular formula is C18H29NO. The minimum atomic E-state index is 0.314. The van der Waals surface area contributed by atoms with E-state index in [-0.39, 0.29) is 0 Å². The highest BCUT2D eigenvalue weighted by molar-refractivity contribution is 5.39. The zero-order valence-corrected chi connectivity index (χ0v) is 13.5. The summed E-state index contributed by atoms with van der Waals surface area (Å²) in [5.74, 6) is 1.09. The van der Waals surface area contributed by atoms with Crippen molar-refractivity contribution in [1.29, 1.82) is 0 Å². The monoisotopic (exact) mass is 275 g/mol. The first kappa shape index (κ1) is 15.4. The molecule has 2 heteroatoms. The molecule has 1 unspecified atom stereocenters. The minimum Gasteiger partial charge on any atom is -0.493 e. The van der Waals surface area contributed by atoms with Crippen LogP contribution < -0.4 is 10.1 Å². The van der Waals surface area contributed by atoms with Crippen LogP contribution in [0.25, 0.3) is 0 Å². The van der Waals surface area contributed by atoms with Crippen molar-refractivity contribution in [3.8, 4) is 5.75 Å². The fourth-order valence-electron chi connectivity index (χ4n) is 2.87. The highest BCUT2D eigenvalue weighted by Gasteiger charge is 2.23. The van der Waals surface area contributed by atoms with Gasteiger partial charge in [-0.3, -0.25) is 0 Å². The first-order chi connectivity index (χ1) is 9.50. The standard InChI is InChI=1S/C18H29NO/c1-5-11-19-17(18(2,3)4)9-7-14-6-8-16-15(13-14)10-12-20-16/h6,8,13,17,19H,5,7,9-12H2,1-4H3. The number of ether oxygens (including phenoxy) is 1. The van der Waals surface area contributed by atoms with Crippen molar-refractivity contribution in [3.05, 3.63) is 29.3 Å². The molecule has 0 amide bonds. The number of aryl methyl sites for hydroxylation is 1. The summed E-state index contributed by atoms with van der Waals surface area (Å²) < 4.78 is 5.57. The van der Waals surface area contributed by atoms with Gasteiger partial charge in [0.1, 0.15) is 5.75 Å². The lowest BCUT2D eigenvalue weighted by atomic mass is 9.83. The molecule has 1 aromatic rings. The van der Waals surface area contributed by atoms with Crippen molar-refractivity contribution in [2.45, 2.75) is 59.4 Å². The molecule has 2 nitrogen and oxygen atoms in total. The molecule has 0 saturated heterocycles. The average Bonchev–Trinajstić information content (AvgIpc) is 2.84. The summed E-state index contributed by atoms with van der Waals surface area (Å²) in [6.45, 7) is 11.2. The van der Waals surface area contributed by atoms with Gasteiger partial charge in [0.05, 0.1) is 6.61 Å². The molecule has 1 heterocycles. The lowest BCUT2D eigenvalue weighted by Crippen LogP contribution is -2.41. The Labute approximate surface area is 123 Å². The minimum absolute atomic E-state index is 0.314. The Kier molecular flexibility index (Phi) is 5.09. The van der Waals surface area contributed by atoms with Crippen molar-refractivity contribution in [2.24, 2.45) is 5.41 Å². The highest BCUT2D eigenvalue weighted by atomic mass is 16.5. The third kappa shape index (κ3) is 3.99. The number of fused-ring (bicyclic) bond motifs is 1. The summed E-state index contributed by atoms with van der Waals surface area (Å²) in [5.41, 5.74) is 3.15. The second-order valence-electron chi connectivity index (χ2n) is 6.95. The third-order valence-corrected chi connectivity index (χ3v) is 4.16. The van der Waals surface area contributed by atoms with Crippen LogP contribution in [0.4, 0.5) is 0 Å². The van der Waals surface area contributed by atoms with Gasteiger partial charge in [0, 0.05) is 12.5 Å². The Balaban J connectivity index is 1.95. The van der Waals surface area contributed by atoms with Crippen LogP contribution in [-0.2, 0) is 12.8 Å². The summed E-state index contributed by atoms with van der Waals surface area (Å²) in [4.78, 5) is 0. The van der Waals surface area contributed by atoms with Crippen LogP contribution in [0.15, 0.2) is 18.2 Å². The van der Waals surface area contributed by atoms with E-state index in [1.54, 1.807) is 0 Å². The van der Waals surface area contributed by atoms with Crippen molar-refractivity contribution in [2.75, 3.05) is 13.2 Å². The summed E-state index contributed by atoms with van der Waals surface area (Å²) in [6, 6.07) is 7.28. The van der Waals surface area contributed by atoms with Gasteiger partial charge >= 0.3 is 0 Å². The van der Waals surface area contributed by atoms with Gasteiger partial charge in [-0.05, 0) is 48.4 Å². The van der Waals surface area contributed by atoms with E-state index in [4.69, 9.17) is 4.74 Å². The van der Waals surface area contributed by atoms with Crippen LogP contribution >= 0.6 is 0 Å². The lowest BCUT2D eigenvalue weighted by molar-refractivity contribution is 0.255. The van der Waals surface area contributed by atoms with Gasteiger partial charge in [-0.15, -0.1) is 0 Å². The number of hydrogen-bond acceptors (Lipinski definition) is 2. The fourth-order valence-corrected chi connectivity index (χ4v) is 2.87. The van der Waals surface area contributed by atoms with Crippen molar-refractivity contribution in [3.63, 3.8) is 0 Å². The van der Waals surface area contributed by atoms with E-state index in [2.05, 4.69) is 51.2 Å². The van der Waals surface area contributed by atoms with E-state index >= 15 is 0 Å². The maximum atomic E-state index is 5.57. The second-order valence-corrected chi connectivity index (χ2v) is 6.95. The van der Waals surface area contributed by atoms with E-state index in [1.165, 1.54) is 24.0 Å². The first-order valence-electron chi connectivity index (χ1n) is 7.98. The van der Waals surface area contributed by atoms with Crippen molar-refractivity contribution >= 4 is 0 Å². The molecule has 1 aliphatic rings. The Morgan fingerprint density at radius 2 is 2.10 bits per heavy atom. The predicted molar refractivity (Wildman–Crippen MR) is 85.5 cm³/mol. The molecule has 1 aromatic carbocycles. The van der Waals surface area contributed by atoms with Crippen LogP contribution in [0.1, 0.15) is 51.7 Å². The number of rotatable bonds is 6. The maximum Gasteiger partial charge on any atom is 0.122 e. The van der Waals surface area contributed by atoms with Crippen molar-refractivity contribution < 1.29 is 4.74 Å². The SMILES string of the molecule is CCCNC(CCc1ccc2c(c1)CCO2)C(C)(C)C. The van der Waals surface area contributed by atoms with Crippen LogP contribution in [-0.4, -0.2) is 19.2 Å². The molecule has 0 bridgehead atoms.